The van der Waals surface area contributed by atoms with Gasteiger partial charge in [-0.2, -0.15) is 5.10 Å². The van der Waals surface area contributed by atoms with Crippen LogP contribution in [0.25, 0.3) is 0 Å². The van der Waals surface area contributed by atoms with E-state index in [0.29, 0.717) is 29.4 Å². The Kier molecular flexibility index (Phi) is 8.64. The van der Waals surface area contributed by atoms with Gasteiger partial charge < -0.3 is 14.2 Å². The predicted molar refractivity (Wildman–Crippen MR) is 143 cm³/mol. The second-order valence-corrected chi connectivity index (χ2v) is 8.09. The Morgan fingerprint density at radius 1 is 0.842 bits per heavy atom. The van der Waals surface area contributed by atoms with Gasteiger partial charge in [-0.15, -0.1) is 0 Å². The van der Waals surface area contributed by atoms with Gasteiger partial charge in [-0.1, -0.05) is 48.5 Å². The Labute approximate surface area is 219 Å². The number of carbonyl (C=O) groups excluding carboxylic acids is 1. The SMILES string of the molecule is COc1cc(COc2ccccc2/C=N/NC(=O)c2ccc([N+](=O)[O-])cc2)ccc1OCc1ccccc1. The molecular formula is C29H25N3O6. The summed E-state index contributed by atoms with van der Waals surface area (Å²) in [5.74, 6) is 1.32. The van der Waals surface area contributed by atoms with E-state index in [1.165, 1.54) is 30.5 Å². The molecule has 0 aromatic heterocycles. The van der Waals surface area contributed by atoms with Crippen LogP contribution in [0.3, 0.4) is 0 Å². The number of carbonyl (C=O) groups is 1. The van der Waals surface area contributed by atoms with E-state index in [9.17, 15) is 14.9 Å². The summed E-state index contributed by atoms with van der Waals surface area (Å²) < 4.78 is 17.4. The van der Waals surface area contributed by atoms with E-state index in [-0.39, 0.29) is 17.9 Å². The number of para-hydroxylation sites is 1. The molecule has 1 amide bonds. The minimum absolute atomic E-state index is 0.0944. The Bertz CT molecular complexity index is 1420. The number of ether oxygens (including phenoxy) is 3. The maximum atomic E-state index is 12.3. The molecule has 0 heterocycles. The maximum Gasteiger partial charge on any atom is 0.271 e. The lowest BCUT2D eigenvalue weighted by atomic mass is 10.2. The topological polar surface area (TPSA) is 112 Å². The van der Waals surface area contributed by atoms with Gasteiger partial charge in [0.2, 0.25) is 0 Å². The van der Waals surface area contributed by atoms with Crippen molar-refractivity contribution in [2.75, 3.05) is 7.11 Å². The average molecular weight is 512 g/mol. The fraction of sp³-hybridized carbons (Fsp3) is 0.103. The summed E-state index contributed by atoms with van der Waals surface area (Å²) in [5, 5.41) is 14.8. The van der Waals surface area contributed by atoms with Gasteiger partial charge in [-0.25, -0.2) is 5.43 Å². The molecule has 0 bridgehead atoms. The van der Waals surface area contributed by atoms with E-state index in [4.69, 9.17) is 14.2 Å². The molecule has 9 heteroatoms. The van der Waals surface area contributed by atoms with Crippen LogP contribution in [0.15, 0.2) is 102 Å². The molecule has 4 aromatic rings. The van der Waals surface area contributed by atoms with Crippen molar-refractivity contribution < 1.29 is 23.9 Å². The van der Waals surface area contributed by atoms with Crippen LogP contribution in [0, 0.1) is 10.1 Å². The van der Waals surface area contributed by atoms with Crippen LogP contribution in [0.5, 0.6) is 17.2 Å². The van der Waals surface area contributed by atoms with Crippen molar-refractivity contribution in [3.8, 4) is 17.2 Å². The molecule has 0 saturated heterocycles. The zero-order valence-electron chi connectivity index (χ0n) is 20.6. The molecule has 38 heavy (non-hydrogen) atoms. The minimum atomic E-state index is -0.527. The third kappa shape index (κ3) is 6.94. The van der Waals surface area contributed by atoms with E-state index in [1.807, 2.05) is 60.7 Å². The molecular weight excluding hydrogens is 486 g/mol. The summed E-state index contributed by atoms with van der Waals surface area (Å²) in [7, 11) is 1.59. The molecule has 0 fully saturated rings. The second-order valence-electron chi connectivity index (χ2n) is 8.09. The molecule has 0 radical (unpaired) electrons. The smallest absolute Gasteiger partial charge is 0.271 e. The second kappa shape index (κ2) is 12.7. The molecule has 0 aliphatic heterocycles. The molecule has 4 rings (SSSR count). The highest BCUT2D eigenvalue weighted by Gasteiger charge is 2.10. The molecule has 0 atom stereocenters. The quantitative estimate of drug-likeness (QED) is 0.161. The van der Waals surface area contributed by atoms with Crippen LogP contribution >= 0.6 is 0 Å². The van der Waals surface area contributed by atoms with Crippen molar-refractivity contribution in [3.63, 3.8) is 0 Å². The highest BCUT2D eigenvalue weighted by molar-refractivity contribution is 5.95. The molecule has 1 N–H and O–H groups in total. The molecule has 0 saturated carbocycles. The van der Waals surface area contributed by atoms with Gasteiger partial charge in [-0.05, 0) is 47.5 Å². The van der Waals surface area contributed by atoms with E-state index < -0.39 is 10.8 Å². The van der Waals surface area contributed by atoms with E-state index in [1.54, 1.807) is 19.2 Å². The summed E-state index contributed by atoms with van der Waals surface area (Å²) >= 11 is 0. The normalized spacial score (nSPS) is 10.7. The van der Waals surface area contributed by atoms with Crippen LogP contribution in [0.1, 0.15) is 27.0 Å². The van der Waals surface area contributed by atoms with Crippen molar-refractivity contribution in [2.45, 2.75) is 13.2 Å². The zero-order valence-corrected chi connectivity index (χ0v) is 20.6. The van der Waals surface area contributed by atoms with Crippen molar-refractivity contribution >= 4 is 17.8 Å². The van der Waals surface area contributed by atoms with Crippen molar-refractivity contribution in [1.82, 2.24) is 5.43 Å². The molecule has 0 spiro atoms. The number of non-ortho nitro benzene ring substituents is 1. The highest BCUT2D eigenvalue weighted by atomic mass is 16.6. The standard InChI is InChI=1S/C29H25N3O6/c1-36-28-17-22(11-16-27(28)38-19-21-7-3-2-4-8-21)20-37-26-10-6-5-9-24(26)18-30-31-29(33)23-12-14-25(15-13-23)32(34)35/h2-18H,19-20H2,1H3,(H,31,33)/b30-18+. The van der Waals surface area contributed by atoms with Gasteiger partial charge in [0.1, 0.15) is 19.0 Å². The fourth-order valence-electron chi connectivity index (χ4n) is 3.50. The third-order valence-electron chi connectivity index (χ3n) is 5.49. The number of amides is 1. The highest BCUT2D eigenvalue weighted by Crippen LogP contribution is 2.29. The molecule has 192 valence electrons. The lowest BCUT2D eigenvalue weighted by Gasteiger charge is -2.13. The van der Waals surface area contributed by atoms with E-state index in [0.717, 1.165) is 11.1 Å². The Balaban J connectivity index is 1.36. The minimum Gasteiger partial charge on any atom is -0.493 e. The first-order valence-electron chi connectivity index (χ1n) is 11.7. The Morgan fingerprint density at radius 2 is 1.53 bits per heavy atom. The monoisotopic (exact) mass is 511 g/mol. The van der Waals surface area contributed by atoms with Gasteiger partial charge in [0, 0.05) is 23.3 Å². The first-order chi connectivity index (χ1) is 18.5. The van der Waals surface area contributed by atoms with Crippen LogP contribution in [-0.2, 0) is 13.2 Å². The van der Waals surface area contributed by atoms with Crippen molar-refractivity contribution in [1.29, 1.82) is 0 Å². The lowest BCUT2D eigenvalue weighted by Crippen LogP contribution is -2.17. The van der Waals surface area contributed by atoms with Crippen molar-refractivity contribution in [3.05, 3.63) is 129 Å². The molecule has 9 nitrogen and oxygen atoms in total. The zero-order chi connectivity index (χ0) is 26.7. The summed E-state index contributed by atoms with van der Waals surface area (Å²) in [6.45, 7) is 0.704. The number of nitro benzene ring substituents is 1. The maximum absolute atomic E-state index is 12.3. The van der Waals surface area contributed by atoms with Gasteiger partial charge >= 0.3 is 0 Å². The summed E-state index contributed by atoms with van der Waals surface area (Å²) in [6, 6.07) is 28.0. The van der Waals surface area contributed by atoms with Gasteiger partial charge in [0.25, 0.3) is 11.6 Å². The summed E-state index contributed by atoms with van der Waals surface area (Å²) in [4.78, 5) is 22.5. The van der Waals surface area contributed by atoms with Crippen LogP contribution in [0.4, 0.5) is 5.69 Å². The number of methoxy groups -OCH3 is 1. The summed E-state index contributed by atoms with van der Waals surface area (Å²) in [5.41, 5.74) is 5.17. The Morgan fingerprint density at radius 3 is 2.26 bits per heavy atom. The van der Waals surface area contributed by atoms with Crippen LogP contribution < -0.4 is 19.6 Å². The largest absolute Gasteiger partial charge is 0.493 e. The van der Waals surface area contributed by atoms with E-state index >= 15 is 0 Å². The number of hydrogen-bond acceptors (Lipinski definition) is 7. The van der Waals surface area contributed by atoms with Gasteiger partial charge in [0.15, 0.2) is 11.5 Å². The third-order valence-corrected chi connectivity index (χ3v) is 5.49. The number of hydrogen-bond donors (Lipinski definition) is 1. The summed E-state index contributed by atoms with van der Waals surface area (Å²) in [6.07, 6.45) is 1.47. The number of hydrazone groups is 1. The molecule has 0 unspecified atom stereocenters. The Hall–Kier alpha value is -5.18. The number of rotatable bonds is 11. The van der Waals surface area contributed by atoms with Gasteiger partial charge in [-0.3, -0.25) is 14.9 Å². The van der Waals surface area contributed by atoms with Crippen molar-refractivity contribution in [2.24, 2.45) is 5.10 Å². The first-order valence-corrected chi connectivity index (χ1v) is 11.7. The fourth-order valence-corrected chi connectivity index (χ4v) is 3.50. The number of nitrogens with one attached hydrogen (secondary N) is 1. The number of benzene rings is 4. The number of nitro groups is 1. The predicted octanol–water partition coefficient (Wildman–Crippen LogP) is 5.53. The molecule has 0 aliphatic carbocycles. The van der Waals surface area contributed by atoms with Gasteiger partial charge in [0.05, 0.1) is 18.2 Å². The average Bonchev–Trinajstić information content (AvgIpc) is 2.96. The van der Waals surface area contributed by atoms with Crippen LogP contribution in [-0.4, -0.2) is 24.2 Å². The lowest BCUT2D eigenvalue weighted by molar-refractivity contribution is -0.384. The molecule has 0 aliphatic rings. The molecule has 4 aromatic carbocycles. The van der Waals surface area contributed by atoms with Crippen LogP contribution in [0.2, 0.25) is 0 Å². The number of nitrogens with zero attached hydrogens (tertiary/aromatic N) is 2. The van der Waals surface area contributed by atoms with E-state index in [2.05, 4.69) is 10.5 Å². The first kappa shape index (κ1) is 25.9.